The number of carbonyl (C=O) groups is 1. The number of carboxylic acid groups (broad SMARTS) is 1. The molecular formula is C14H7ClFN3O2. The molecule has 3 aromatic rings. The van der Waals surface area contributed by atoms with Crippen molar-refractivity contribution in [3.8, 4) is 11.4 Å². The Morgan fingerprint density at radius 1 is 1.24 bits per heavy atom. The molecule has 0 amide bonds. The lowest BCUT2D eigenvalue weighted by molar-refractivity contribution is 0.0699. The van der Waals surface area contributed by atoms with Crippen molar-refractivity contribution in [3.63, 3.8) is 0 Å². The number of hydrogen-bond donors (Lipinski definition) is 1. The summed E-state index contributed by atoms with van der Waals surface area (Å²) in [6, 6.07) is 3.75. The molecular weight excluding hydrogens is 297 g/mol. The minimum atomic E-state index is -1.22. The van der Waals surface area contributed by atoms with E-state index in [9.17, 15) is 14.3 Å². The van der Waals surface area contributed by atoms with Gasteiger partial charge in [0.25, 0.3) is 0 Å². The lowest BCUT2D eigenvalue weighted by Gasteiger charge is -2.08. The van der Waals surface area contributed by atoms with Crippen molar-refractivity contribution in [2.24, 2.45) is 0 Å². The van der Waals surface area contributed by atoms with Gasteiger partial charge >= 0.3 is 5.97 Å². The van der Waals surface area contributed by atoms with E-state index in [0.717, 1.165) is 6.07 Å². The maximum atomic E-state index is 14.0. The minimum Gasteiger partial charge on any atom is -0.478 e. The van der Waals surface area contributed by atoms with Gasteiger partial charge in [-0.2, -0.15) is 0 Å². The molecule has 0 aliphatic carbocycles. The molecule has 0 saturated heterocycles. The van der Waals surface area contributed by atoms with E-state index < -0.39 is 11.8 Å². The van der Waals surface area contributed by atoms with Crippen LogP contribution in [0.1, 0.15) is 10.4 Å². The first-order valence-corrected chi connectivity index (χ1v) is 6.24. The molecule has 0 fully saturated rings. The van der Waals surface area contributed by atoms with Crippen LogP contribution in [-0.2, 0) is 0 Å². The van der Waals surface area contributed by atoms with Gasteiger partial charge in [0.2, 0.25) is 0 Å². The maximum absolute atomic E-state index is 14.0. The molecule has 0 unspecified atom stereocenters. The average molecular weight is 304 g/mol. The largest absolute Gasteiger partial charge is 0.478 e. The Morgan fingerprint density at radius 2 is 2.05 bits per heavy atom. The van der Waals surface area contributed by atoms with Gasteiger partial charge in [-0.25, -0.2) is 14.2 Å². The van der Waals surface area contributed by atoms with E-state index in [1.54, 1.807) is 0 Å². The van der Waals surface area contributed by atoms with Gasteiger partial charge in [0.05, 0.1) is 22.5 Å². The van der Waals surface area contributed by atoms with E-state index in [4.69, 9.17) is 11.6 Å². The number of rotatable bonds is 2. The predicted octanol–water partition coefficient (Wildman–Crippen LogP) is 3.18. The molecule has 0 saturated carbocycles. The normalized spacial score (nSPS) is 10.8. The molecule has 1 N–H and O–H groups in total. The zero-order chi connectivity index (χ0) is 15.0. The number of benzene rings is 1. The highest BCUT2D eigenvalue weighted by Gasteiger charge is 2.18. The summed E-state index contributed by atoms with van der Waals surface area (Å²) in [7, 11) is 0. The highest BCUT2D eigenvalue weighted by Crippen LogP contribution is 2.30. The molecule has 104 valence electrons. The standard InChI is InChI=1S/C14H7ClFN3O2/c15-8-1-2-9(16)13-12(8)7(14(20)21)5-10(19-13)11-6-17-3-4-18-11/h1-6H,(H,20,21). The molecule has 0 aliphatic heterocycles. The van der Waals surface area contributed by atoms with E-state index in [1.165, 1.54) is 30.7 Å². The summed E-state index contributed by atoms with van der Waals surface area (Å²) in [5, 5.41) is 9.52. The third kappa shape index (κ3) is 2.30. The quantitative estimate of drug-likeness (QED) is 0.787. The van der Waals surface area contributed by atoms with Crippen molar-refractivity contribution in [1.29, 1.82) is 0 Å². The van der Waals surface area contributed by atoms with Crippen LogP contribution < -0.4 is 0 Å². The van der Waals surface area contributed by atoms with Crippen molar-refractivity contribution in [3.05, 3.63) is 53.2 Å². The van der Waals surface area contributed by atoms with Crippen molar-refractivity contribution in [2.45, 2.75) is 0 Å². The molecule has 5 nitrogen and oxygen atoms in total. The van der Waals surface area contributed by atoms with Crippen LogP contribution in [0.4, 0.5) is 4.39 Å². The third-order valence-electron chi connectivity index (χ3n) is 2.92. The molecule has 0 aliphatic rings. The lowest BCUT2D eigenvalue weighted by atomic mass is 10.1. The molecule has 3 rings (SSSR count). The summed E-state index contributed by atoms with van der Waals surface area (Å²) >= 11 is 5.98. The fourth-order valence-electron chi connectivity index (χ4n) is 2.00. The number of pyridine rings is 1. The first-order chi connectivity index (χ1) is 10.1. The summed E-state index contributed by atoms with van der Waals surface area (Å²) in [6.07, 6.45) is 4.33. The van der Waals surface area contributed by atoms with Gasteiger partial charge < -0.3 is 5.11 Å². The van der Waals surface area contributed by atoms with Crippen LogP contribution in [0.2, 0.25) is 5.02 Å². The van der Waals surface area contributed by atoms with Crippen molar-refractivity contribution in [2.75, 3.05) is 0 Å². The minimum absolute atomic E-state index is 0.0665. The number of carboxylic acids is 1. The average Bonchev–Trinajstić information content (AvgIpc) is 2.51. The number of nitrogens with zero attached hydrogens (tertiary/aromatic N) is 3. The first kappa shape index (κ1) is 13.4. The summed E-state index contributed by atoms with van der Waals surface area (Å²) in [5.74, 6) is -1.87. The third-order valence-corrected chi connectivity index (χ3v) is 3.23. The zero-order valence-electron chi connectivity index (χ0n) is 10.4. The van der Waals surface area contributed by atoms with Crippen LogP contribution in [-0.4, -0.2) is 26.0 Å². The van der Waals surface area contributed by atoms with E-state index in [-0.39, 0.29) is 27.2 Å². The number of fused-ring (bicyclic) bond motifs is 1. The van der Waals surface area contributed by atoms with Gasteiger partial charge in [0, 0.05) is 17.8 Å². The Balaban J connectivity index is 2.41. The Labute approximate surface area is 123 Å². The smallest absolute Gasteiger partial charge is 0.336 e. The lowest BCUT2D eigenvalue weighted by Crippen LogP contribution is -2.02. The number of aromatic nitrogens is 3. The molecule has 2 heterocycles. The molecule has 2 aromatic heterocycles. The van der Waals surface area contributed by atoms with Gasteiger partial charge in [-0.05, 0) is 18.2 Å². The van der Waals surface area contributed by atoms with Gasteiger partial charge in [0.1, 0.15) is 17.0 Å². The Hall–Kier alpha value is -2.60. The van der Waals surface area contributed by atoms with Crippen molar-refractivity contribution < 1.29 is 14.3 Å². The Morgan fingerprint density at radius 3 is 2.71 bits per heavy atom. The second kappa shape index (κ2) is 5.06. The van der Waals surface area contributed by atoms with Crippen LogP contribution in [0.5, 0.6) is 0 Å². The fraction of sp³-hybridized carbons (Fsp3) is 0. The molecule has 21 heavy (non-hydrogen) atoms. The van der Waals surface area contributed by atoms with Crippen LogP contribution in [0, 0.1) is 5.82 Å². The molecule has 0 spiro atoms. The van der Waals surface area contributed by atoms with Crippen LogP contribution in [0.15, 0.2) is 36.8 Å². The summed E-state index contributed by atoms with van der Waals surface area (Å²) in [6.45, 7) is 0. The van der Waals surface area contributed by atoms with Crippen LogP contribution >= 0.6 is 11.6 Å². The fourth-order valence-corrected chi connectivity index (χ4v) is 2.25. The van der Waals surface area contributed by atoms with Crippen LogP contribution in [0.3, 0.4) is 0 Å². The Kier molecular flexibility index (Phi) is 3.23. The van der Waals surface area contributed by atoms with E-state index in [1.807, 2.05) is 0 Å². The first-order valence-electron chi connectivity index (χ1n) is 5.86. The number of aromatic carboxylic acids is 1. The number of halogens is 2. The van der Waals surface area contributed by atoms with E-state index >= 15 is 0 Å². The summed E-state index contributed by atoms with van der Waals surface area (Å²) in [5.41, 5.74) is 0.323. The van der Waals surface area contributed by atoms with Crippen LogP contribution in [0.25, 0.3) is 22.3 Å². The molecule has 0 atom stereocenters. The molecule has 0 radical (unpaired) electrons. The monoisotopic (exact) mass is 303 g/mol. The maximum Gasteiger partial charge on any atom is 0.336 e. The molecule has 7 heteroatoms. The topological polar surface area (TPSA) is 76.0 Å². The van der Waals surface area contributed by atoms with Gasteiger partial charge in [-0.1, -0.05) is 11.6 Å². The predicted molar refractivity (Wildman–Crippen MR) is 74.7 cm³/mol. The zero-order valence-corrected chi connectivity index (χ0v) is 11.2. The summed E-state index contributed by atoms with van der Waals surface area (Å²) < 4.78 is 14.0. The highest BCUT2D eigenvalue weighted by molar-refractivity contribution is 6.36. The number of hydrogen-bond acceptors (Lipinski definition) is 4. The second-order valence-corrected chi connectivity index (χ2v) is 4.61. The van der Waals surface area contributed by atoms with Gasteiger partial charge in [-0.3, -0.25) is 9.97 Å². The second-order valence-electron chi connectivity index (χ2n) is 4.20. The van der Waals surface area contributed by atoms with Gasteiger partial charge in [0.15, 0.2) is 0 Å². The Bertz CT molecular complexity index is 856. The highest BCUT2D eigenvalue weighted by atomic mass is 35.5. The van der Waals surface area contributed by atoms with E-state index in [0.29, 0.717) is 5.69 Å². The SMILES string of the molecule is O=C(O)c1cc(-c2cnccn2)nc2c(F)ccc(Cl)c12. The molecule has 1 aromatic carbocycles. The van der Waals surface area contributed by atoms with Crippen molar-refractivity contribution in [1.82, 2.24) is 15.0 Å². The van der Waals surface area contributed by atoms with E-state index in [2.05, 4.69) is 15.0 Å². The molecule has 0 bridgehead atoms. The summed E-state index contributed by atoms with van der Waals surface area (Å²) in [4.78, 5) is 23.5. The van der Waals surface area contributed by atoms with Crippen molar-refractivity contribution >= 4 is 28.5 Å². The van der Waals surface area contributed by atoms with Gasteiger partial charge in [-0.15, -0.1) is 0 Å².